The van der Waals surface area contributed by atoms with Crippen LogP contribution in [0.4, 0.5) is 5.69 Å². The Morgan fingerprint density at radius 3 is 2.60 bits per heavy atom. The minimum absolute atomic E-state index is 0.281. The van der Waals surface area contributed by atoms with Gasteiger partial charge in [0.25, 0.3) is 0 Å². The third-order valence-corrected chi connectivity index (χ3v) is 3.51. The van der Waals surface area contributed by atoms with Crippen LogP contribution in [0.1, 0.15) is 24.5 Å². The van der Waals surface area contributed by atoms with Crippen molar-refractivity contribution < 1.29 is 0 Å². The van der Waals surface area contributed by atoms with E-state index in [9.17, 15) is 0 Å². The van der Waals surface area contributed by atoms with E-state index in [1.54, 1.807) is 12.1 Å². The molecular weight excluding hydrogens is 268 g/mol. The Balaban J connectivity index is 2.14. The molecular formula is C17H17ClN2. The second-order valence-corrected chi connectivity index (χ2v) is 5.18. The van der Waals surface area contributed by atoms with Crippen LogP contribution in [0.15, 0.2) is 48.5 Å². The molecule has 1 unspecified atom stereocenters. The SMILES string of the molecule is CCC(Cc1ccccc1)Nc1cc(Cl)ccc1C#N. The zero-order valence-electron chi connectivity index (χ0n) is 11.4. The van der Waals surface area contributed by atoms with Crippen molar-refractivity contribution in [1.29, 1.82) is 5.26 Å². The highest BCUT2D eigenvalue weighted by molar-refractivity contribution is 6.30. The number of rotatable bonds is 5. The van der Waals surface area contributed by atoms with E-state index in [0.29, 0.717) is 10.6 Å². The molecule has 1 atom stereocenters. The Hall–Kier alpha value is -1.98. The summed E-state index contributed by atoms with van der Waals surface area (Å²) in [6, 6.07) is 18.1. The molecule has 1 N–H and O–H groups in total. The Labute approximate surface area is 125 Å². The van der Waals surface area contributed by atoms with Gasteiger partial charge in [-0.25, -0.2) is 0 Å². The third-order valence-electron chi connectivity index (χ3n) is 3.28. The highest BCUT2D eigenvalue weighted by atomic mass is 35.5. The highest BCUT2D eigenvalue weighted by Crippen LogP contribution is 2.22. The zero-order valence-corrected chi connectivity index (χ0v) is 12.2. The molecule has 0 radical (unpaired) electrons. The average Bonchev–Trinajstić information content (AvgIpc) is 2.48. The molecule has 0 saturated heterocycles. The first-order valence-corrected chi connectivity index (χ1v) is 7.11. The Morgan fingerprint density at radius 2 is 1.95 bits per heavy atom. The fraction of sp³-hybridized carbons (Fsp3) is 0.235. The van der Waals surface area contributed by atoms with E-state index in [1.165, 1.54) is 5.56 Å². The molecule has 102 valence electrons. The Bertz CT molecular complexity index is 602. The molecule has 2 nitrogen and oxygen atoms in total. The summed E-state index contributed by atoms with van der Waals surface area (Å²) >= 11 is 6.01. The van der Waals surface area contributed by atoms with E-state index < -0.39 is 0 Å². The number of nitrogens with one attached hydrogen (secondary N) is 1. The van der Waals surface area contributed by atoms with Gasteiger partial charge in [0.2, 0.25) is 0 Å². The van der Waals surface area contributed by atoms with Crippen LogP contribution in [-0.4, -0.2) is 6.04 Å². The van der Waals surface area contributed by atoms with Crippen LogP contribution >= 0.6 is 11.6 Å². The standard InChI is InChI=1S/C17H17ClN2/c1-2-16(10-13-6-4-3-5-7-13)20-17-11-15(18)9-8-14(17)12-19/h3-9,11,16,20H,2,10H2,1H3. The fourth-order valence-corrected chi connectivity index (χ4v) is 2.32. The predicted molar refractivity (Wildman–Crippen MR) is 84.0 cm³/mol. The van der Waals surface area contributed by atoms with E-state index in [1.807, 2.05) is 24.3 Å². The van der Waals surface area contributed by atoms with Gasteiger partial charge >= 0.3 is 0 Å². The first-order valence-electron chi connectivity index (χ1n) is 6.73. The predicted octanol–water partition coefficient (Wildman–Crippen LogP) is 4.64. The van der Waals surface area contributed by atoms with Crippen molar-refractivity contribution >= 4 is 17.3 Å². The zero-order chi connectivity index (χ0) is 14.4. The maximum absolute atomic E-state index is 9.15. The highest BCUT2D eigenvalue weighted by Gasteiger charge is 2.10. The molecule has 0 heterocycles. The van der Waals surface area contributed by atoms with Gasteiger partial charge in [-0.05, 0) is 36.6 Å². The van der Waals surface area contributed by atoms with E-state index in [4.69, 9.17) is 16.9 Å². The summed E-state index contributed by atoms with van der Waals surface area (Å²) in [7, 11) is 0. The van der Waals surface area contributed by atoms with Crippen LogP contribution in [0.3, 0.4) is 0 Å². The van der Waals surface area contributed by atoms with E-state index in [0.717, 1.165) is 18.5 Å². The third kappa shape index (κ3) is 3.76. The fourth-order valence-electron chi connectivity index (χ4n) is 2.15. The summed E-state index contributed by atoms with van der Waals surface area (Å²) in [4.78, 5) is 0. The summed E-state index contributed by atoms with van der Waals surface area (Å²) in [5, 5.41) is 13.2. The normalized spacial score (nSPS) is 11.7. The molecule has 2 rings (SSSR count). The van der Waals surface area contributed by atoms with Crippen LogP contribution in [-0.2, 0) is 6.42 Å². The Morgan fingerprint density at radius 1 is 1.20 bits per heavy atom. The van der Waals surface area contributed by atoms with Crippen molar-refractivity contribution in [3.05, 3.63) is 64.7 Å². The van der Waals surface area contributed by atoms with Crippen molar-refractivity contribution in [1.82, 2.24) is 0 Å². The largest absolute Gasteiger partial charge is 0.381 e. The number of halogens is 1. The van der Waals surface area contributed by atoms with E-state index in [2.05, 4.69) is 30.4 Å². The monoisotopic (exact) mass is 284 g/mol. The van der Waals surface area contributed by atoms with Crippen LogP contribution in [0.25, 0.3) is 0 Å². The first-order chi connectivity index (χ1) is 9.72. The number of hydrogen-bond acceptors (Lipinski definition) is 2. The minimum Gasteiger partial charge on any atom is -0.381 e. The molecule has 0 bridgehead atoms. The number of benzene rings is 2. The number of nitrogens with zero attached hydrogens (tertiary/aromatic N) is 1. The van der Waals surface area contributed by atoms with Gasteiger partial charge in [0.05, 0.1) is 11.3 Å². The van der Waals surface area contributed by atoms with Gasteiger partial charge in [0.15, 0.2) is 0 Å². The van der Waals surface area contributed by atoms with Crippen LogP contribution < -0.4 is 5.32 Å². The topological polar surface area (TPSA) is 35.8 Å². The molecule has 0 aromatic heterocycles. The van der Waals surface area contributed by atoms with Gasteiger partial charge < -0.3 is 5.32 Å². The van der Waals surface area contributed by atoms with Gasteiger partial charge in [0, 0.05) is 11.1 Å². The second kappa shape index (κ2) is 6.98. The molecule has 20 heavy (non-hydrogen) atoms. The van der Waals surface area contributed by atoms with Crippen molar-refractivity contribution in [2.45, 2.75) is 25.8 Å². The molecule has 0 aliphatic rings. The van der Waals surface area contributed by atoms with Gasteiger partial charge in [-0.15, -0.1) is 0 Å². The number of nitriles is 1. The van der Waals surface area contributed by atoms with Crippen molar-refractivity contribution in [3.8, 4) is 6.07 Å². The minimum atomic E-state index is 0.281. The van der Waals surface area contributed by atoms with Crippen molar-refractivity contribution in [3.63, 3.8) is 0 Å². The van der Waals surface area contributed by atoms with Crippen molar-refractivity contribution in [2.75, 3.05) is 5.32 Å². The molecule has 2 aromatic rings. The molecule has 2 aromatic carbocycles. The van der Waals surface area contributed by atoms with Crippen LogP contribution in [0.2, 0.25) is 5.02 Å². The maximum Gasteiger partial charge on any atom is 0.101 e. The lowest BCUT2D eigenvalue weighted by Gasteiger charge is -2.19. The van der Waals surface area contributed by atoms with E-state index >= 15 is 0 Å². The summed E-state index contributed by atoms with van der Waals surface area (Å²) in [6.07, 6.45) is 1.90. The van der Waals surface area contributed by atoms with Gasteiger partial charge in [-0.2, -0.15) is 5.26 Å². The smallest absolute Gasteiger partial charge is 0.101 e. The quantitative estimate of drug-likeness (QED) is 0.868. The first kappa shape index (κ1) is 14.4. The molecule has 0 saturated carbocycles. The van der Waals surface area contributed by atoms with Gasteiger partial charge in [0.1, 0.15) is 6.07 Å². The molecule has 0 amide bonds. The lowest BCUT2D eigenvalue weighted by Crippen LogP contribution is -2.21. The van der Waals surface area contributed by atoms with Crippen molar-refractivity contribution in [2.24, 2.45) is 0 Å². The van der Waals surface area contributed by atoms with Gasteiger partial charge in [-0.3, -0.25) is 0 Å². The maximum atomic E-state index is 9.15. The summed E-state index contributed by atoms with van der Waals surface area (Å²) < 4.78 is 0. The summed E-state index contributed by atoms with van der Waals surface area (Å²) in [6.45, 7) is 2.14. The lowest BCUT2D eigenvalue weighted by molar-refractivity contribution is 0.690. The molecule has 0 spiro atoms. The van der Waals surface area contributed by atoms with E-state index in [-0.39, 0.29) is 6.04 Å². The lowest BCUT2D eigenvalue weighted by atomic mass is 10.0. The number of hydrogen-bond donors (Lipinski definition) is 1. The average molecular weight is 285 g/mol. The summed E-state index contributed by atoms with van der Waals surface area (Å²) in [5.74, 6) is 0. The molecule has 0 aliphatic heterocycles. The molecule has 0 aliphatic carbocycles. The molecule has 0 fully saturated rings. The van der Waals surface area contributed by atoms with Crippen LogP contribution in [0, 0.1) is 11.3 Å². The molecule has 3 heteroatoms. The second-order valence-electron chi connectivity index (χ2n) is 4.74. The Kier molecular flexibility index (Phi) is 5.03. The van der Waals surface area contributed by atoms with Gasteiger partial charge in [-0.1, -0.05) is 48.9 Å². The van der Waals surface area contributed by atoms with Crippen LogP contribution in [0.5, 0.6) is 0 Å². The summed E-state index contributed by atoms with van der Waals surface area (Å²) in [5.41, 5.74) is 2.72. The number of anilines is 1.